The molecule has 0 fully saturated rings. The van der Waals surface area contributed by atoms with Crippen LogP contribution in [0.3, 0.4) is 0 Å². The number of nitrogen functional groups attached to an aromatic ring is 1. The third-order valence-electron chi connectivity index (χ3n) is 10.8. The Morgan fingerprint density at radius 2 is 1.00 bits per heavy atom. The van der Waals surface area contributed by atoms with Crippen molar-refractivity contribution < 1.29 is 35.8 Å². The normalized spacial score (nSPS) is 12.4. The maximum Gasteiger partial charge on any atom is 0.296 e. The Morgan fingerprint density at radius 1 is 0.478 bits per heavy atom. The molecule has 20 heteroatoms. The predicted octanol–water partition coefficient (Wildman–Crippen LogP) is 13.9. The number of benzene rings is 8. The SMILES string of the molecule is Cc1cc(N=Nc2cc(C)c(N=Nc3ccc4cc(NC(=O)c5cccc(N)c5)ccc4c3O)cc2C)ccc1N=Nc1ccc(N=Nc2cc3c(S(=O)(=O)O)cccc3cc2S(=O)(=O)O)c(C)c1. The third-order valence-corrected chi connectivity index (χ3v) is 12.6. The number of carbonyl (C=O) groups is 1. The Hall–Kier alpha value is -8.43. The average molecular weight is 961 g/mol. The number of nitrogens with zero attached hydrogens (tertiary/aromatic N) is 8. The Labute approximate surface area is 395 Å². The van der Waals surface area contributed by atoms with Crippen molar-refractivity contribution in [3.63, 3.8) is 0 Å². The summed E-state index contributed by atoms with van der Waals surface area (Å²) in [7, 11) is -9.47. The second-order valence-corrected chi connectivity index (χ2v) is 18.6. The van der Waals surface area contributed by atoms with E-state index in [4.69, 9.17) is 5.73 Å². The fraction of sp³-hybridized carbons (Fsp3) is 0.0816. The summed E-state index contributed by atoms with van der Waals surface area (Å²) in [5.74, 6) is -0.361. The minimum absolute atomic E-state index is 0.0164. The lowest BCUT2D eigenvalue weighted by molar-refractivity contribution is 0.102. The van der Waals surface area contributed by atoms with E-state index in [1.165, 1.54) is 12.1 Å². The van der Waals surface area contributed by atoms with Gasteiger partial charge in [0.15, 0.2) is 5.75 Å². The van der Waals surface area contributed by atoms with E-state index in [0.717, 1.165) is 34.9 Å². The van der Waals surface area contributed by atoms with Crippen LogP contribution in [-0.4, -0.2) is 37.0 Å². The van der Waals surface area contributed by atoms with Crippen molar-refractivity contribution in [1.29, 1.82) is 0 Å². The molecule has 8 rings (SSSR count). The maximum absolute atomic E-state index is 12.7. The number of phenolic OH excluding ortho intramolecular Hbond substituents is 1. The largest absolute Gasteiger partial charge is 0.505 e. The van der Waals surface area contributed by atoms with Gasteiger partial charge in [-0.2, -0.15) is 47.5 Å². The smallest absolute Gasteiger partial charge is 0.296 e. The number of aryl methyl sites for hydroxylation is 4. The van der Waals surface area contributed by atoms with Gasteiger partial charge in [0.25, 0.3) is 26.1 Å². The van der Waals surface area contributed by atoms with Gasteiger partial charge in [0, 0.05) is 27.7 Å². The molecule has 0 aliphatic rings. The van der Waals surface area contributed by atoms with Crippen LogP contribution in [0.2, 0.25) is 0 Å². The lowest BCUT2D eigenvalue weighted by atomic mass is 10.1. The molecule has 0 saturated heterocycles. The lowest BCUT2D eigenvalue weighted by Crippen LogP contribution is -2.12. The van der Waals surface area contributed by atoms with E-state index in [0.29, 0.717) is 67.4 Å². The minimum atomic E-state index is -4.80. The van der Waals surface area contributed by atoms with Crippen molar-refractivity contribution >= 4 is 105 Å². The molecule has 0 aromatic heterocycles. The van der Waals surface area contributed by atoms with E-state index in [2.05, 4.69) is 46.2 Å². The van der Waals surface area contributed by atoms with Gasteiger partial charge in [0.1, 0.15) is 21.2 Å². The van der Waals surface area contributed by atoms with Gasteiger partial charge in [-0.05, 0) is 170 Å². The second kappa shape index (κ2) is 19.1. The van der Waals surface area contributed by atoms with Crippen LogP contribution < -0.4 is 11.1 Å². The summed E-state index contributed by atoms with van der Waals surface area (Å²) in [6.07, 6.45) is 0. The number of nitrogens with one attached hydrogen (secondary N) is 1. The molecule has 0 radical (unpaired) electrons. The molecule has 346 valence electrons. The Morgan fingerprint density at radius 3 is 1.61 bits per heavy atom. The molecular weight excluding hydrogens is 921 g/mol. The molecular formula is C49H40N10O8S2. The molecule has 18 nitrogen and oxygen atoms in total. The number of amides is 1. The molecule has 0 aliphatic carbocycles. The van der Waals surface area contributed by atoms with Crippen LogP contribution in [0.25, 0.3) is 21.5 Å². The minimum Gasteiger partial charge on any atom is -0.505 e. The molecule has 1 amide bonds. The summed E-state index contributed by atoms with van der Waals surface area (Å²) in [6.45, 7) is 7.34. The highest BCUT2D eigenvalue weighted by Crippen LogP contribution is 2.39. The van der Waals surface area contributed by atoms with Gasteiger partial charge in [0.2, 0.25) is 0 Å². The van der Waals surface area contributed by atoms with Crippen LogP contribution in [0.4, 0.5) is 56.9 Å². The molecule has 0 heterocycles. The number of aromatic hydroxyl groups is 1. The molecule has 0 saturated carbocycles. The number of fused-ring (bicyclic) bond motifs is 2. The first kappa shape index (κ1) is 47.1. The van der Waals surface area contributed by atoms with Gasteiger partial charge >= 0.3 is 0 Å². The molecule has 8 aromatic rings. The number of nitrogens with two attached hydrogens (primary N) is 1. The van der Waals surface area contributed by atoms with Crippen LogP contribution in [0.5, 0.6) is 5.75 Å². The van der Waals surface area contributed by atoms with Gasteiger partial charge in [-0.3, -0.25) is 13.9 Å². The van der Waals surface area contributed by atoms with Crippen LogP contribution in [0.15, 0.2) is 184 Å². The molecule has 0 spiro atoms. The Bertz CT molecular complexity index is 3760. The Kier molecular flexibility index (Phi) is 13.0. The van der Waals surface area contributed by atoms with Crippen molar-refractivity contribution in [3.05, 3.63) is 161 Å². The van der Waals surface area contributed by atoms with E-state index < -0.39 is 30.0 Å². The average Bonchev–Trinajstić information content (AvgIpc) is 3.30. The summed E-state index contributed by atoms with van der Waals surface area (Å²) in [4.78, 5) is 11.7. The molecule has 6 N–H and O–H groups in total. The summed E-state index contributed by atoms with van der Waals surface area (Å²) in [5, 5.41) is 49.9. The van der Waals surface area contributed by atoms with Crippen molar-refractivity contribution in [3.8, 4) is 5.75 Å². The predicted molar refractivity (Wildman–Crippen MR) is 263 cm³/mol. The molecule has 0 bridgehead atoms. The van der Waals surface area contributed by atoms with E-state index >= 15 is 0 Å². The van der Waals surface area contributed by atoms with Crippen LogP contribution in [-0.2, 0) is 20.2 Å². The van der Waals surface area contributed by atoms with Crippen molar-refractivity contribution in [1.82, 2.24) is 0 Å². The molecule has 0 unspecified atom stereocenters. The quantitative estimate of drug-likeness (QED) is 0.0441. The molecule has 69 heavy (non-hydrogen) atoms. The van der Waals surface area contributed by atoms with Gasteiger partial charge in [0.05, 0.1) is 34.1 Å². The first-order valence-corrected chi connectivity index (χ1v) is 23.6. The summed E-state index contributed by atoms with van der Waals surface area (Å²) >= 11 is 0. The zero-order chi connectivity index (χ0) is 49.2. The fourth-order valence-corrected chi connectivity index (χ4v) is 8.53. The van der Waals surface area contributed by atoms with E-state index in [9.17, 15) is 35.8 Å². The van der Waals surface area contributed by atoms with Crippen LogP contribution in [0.1, 0.15) is 32.6 Å². The number of carbonyl (C=O) groups excluding carboxylic acids is 1. The number of azo groups is 4. The Balaban J connectivity index is 0.924. The van der Waals surface area contributed by atoms with Gasteiger partial charge in [-0.15, -0.1) is 10.2 Å². The maximum atomic E-state index is 12.7. The standard InChI is InChI=1S/C49H40N10O8S2/c1-27-19-37(13-17-40(27)54-52-36-14-18-41(28(2)20-36)55-59-45-26-39-31(25-47(45)69(65,66)67)7-6-10-46(39)68(62,63)64)53-57-43-21-30(4)44(22-29(43)3)58-56-42-16-11-32-24-35(12-15-38(32)48(42)60)51-49(61)33-8-5-9-34(50)23-33/h5-26,60H,50H2,1-4H3,(H,51,61)(H,62,63,64)(H,65,66,67). The number of anilines is 2. The third kappa shape index (κ3) is 10.7. The lowest BCUT2D eigenvalue weighted by Gasteiger charge is -2.09. The number of rotatable bonds is 12. The van der Waals surface area contributed by atoms with Crippen molar-refractivity contribution in [2.45, 2.75) is 37.5 Å². The zero-order valence-electron chi connectivity index (χ0n) is 37.1. The first-order chi connectivity index (χ1) is 32.8. The highest BCUT2D eigenvalue weighted by Gasteiger charge is 2.21. The second-order valence-electron chi connectivity index (χ2n) is 15.9. The molecule has 8 aromatic carbocycles. The number of hydrogen-bond acceptors (Lipinski definition) is 15. The topological polar surface area (TPSA) is 283 Å². The van der Waals surface area contributed by atoms with E-state index in [-0.39, 0.29) is 33.8 Å². The van der Waals surface area contributed by atoms with Gasteiger partial charge < -0.3 is 16.2 Å². The number of hydrogen-bond donors (Lipinski definition) is 5. The first-order valence-electron chi connectivity index (χ1n) is 20.7. The van der Waals surface area contributed by atoms with Crippen LogP contribution >= 0.6 is 0 Å². The molecule has 0 atom stereocenters. The highest BCUT2D eigenvalue weighted by atomic mass is 32.2. The zero-order valence-corrected chi connectivity index (χ0v) is 38.7. The fourth-order valence-electron chi connectivity index (χ4n) is 7.19. The summed E-state index contributed by atoms with van der Waals surface area (Å²) in [5.41, 5.74) is 13.3. The highest BCUT2D eigenvalue weighted by molar-refractivity contribution is 7.86. The van der Waals surface area contributed by atoms with Gasteiger partial charge in [-0.25, -0.2) is 0 Å². The van der Waals surface area contributed by atoms with Crippen molar-refractivity contribution in [2.75, 3.05) is 11.1 Å². The summed E-state index contributed by atoms with van der Waals surface area (Å²) in [6, 6.07) is 35.2. The summed E-state index contributed by atoms with van der Waals surface area (Å²) < 4.78 is 68.0. The monoisotopic (exact) mass is 960 g/mol. The van der Waals surface area contributed by atoms with Gasteiger partial charge in [-0.1, -0.05) is 24.3 Å². The van der Waals surface area contributed by atoms with Crippen molar-refractivity contribution in [2.24, 2.45) is 40.9 Å². The van der Waals surface area contributed by atoms with Crippen LogP contribution in [0, 0.1) is 27.7 Å². The van der Waals surface area contributed by atoms with E-state index in [1.54, 1.807) is 91.9 Å². The van der Waals surface area contributed by atoms with E-state index in [1.807, 2.05) is 39.0 Å². The molecule has 0 aliphatic heterocycles. The number of phenols is 1.